The Morgan fingerprint density at radius 3 is 2.33 bits per heavy atom. The third-order valence-corrected chi connectivity index (χ3v) is 4.21. The van der Waals surface area contributed by atoms with Crippen molar-refractivity contribution >= 4 is 11.7 Å². The van der Waals surface area contributed by atoms with Gasteiger partial charge in [-0.1, -0.05) is 12.1 Å². The Hall–Kier alpha value is -1.84. The maximum atomic E-state index is 12.2. The predicted octanol–water partition coefficient (Wildman–Crippen LogP) is 2.46. The molecule has 2 rings (SSSR count). The molecule has 1 aliphatic heterocycles. The van der Waals surface area contributed by atoms with Gasteiger partial charge in [-0.15, -0.1) is 0 Å². The van der Waals surface area contributed by atoms with Gasteiger partial charge in [0.2, 0.25) is 5.91 Å². The molecule has 0 unspecified atom stereocenters. The molecule has 1 aromatic carbocycles. The molecule has 4 nitrogen and oxygen atoms in total. The Labute approximate surface area is 126 Å². The summed E-state index contributed by atoms with van der Waals surface area (Å²) in [6, 6.07) is 7.82. The number of carbonyl (C=O) groups excluding carboxylic acids is 2. The van der Waals surface area contributed by atoms with Crippen molar-refractivity contribution in [1.82, 2.24) is 4.90 Å². The molecule has 21 heavy (non-hydrogen) atoms. The fourth-order valence-corrected chi connectivity index (χ4v) is 2.74. The second-order valence-electron chi connectivity index (χ2n) is 5.61. The van der Waals surface area contributed by atoms with Crippen LogP contribution in [0.2, 0.25) is 0 Å². The number of aryl methyl sites for hydroxylation is 1. The summed E-state index contributed by atoms with van der Waals surface area (Å²) >= 11 is 0. The van der Waals surface area contributed by atoms with Gasteiger partial charge in [0.05, 0.1) is 7.11 Å². The lowest BCUT2D eigenvalue weighted by molar-refractivity contribution is -0.134. The van der Waals surface area contributed by atoms with Gasteiger partial charge < -0.3 is 9.64 Å². The largest absolute Gasteiger partial charge is 0.497 e. The highest BCUT2D eigenvalue weighted by Crippen LogP contribution is 2.19. The first-order valence-corrected chi connectivity index (χ1v) is 7.51. The number of methoxy groups -OCH3 is 1. The van der Waals surface area contributed by atoms with Crippen molar-refractivity contribution in [2.24, 2.45) is 5.92 Å². The molecular formula is C17H23NO3. The van der Waals surface area contributed by atoms with E-state index in [-0.39, 0.29) is 17.6 Å². The average Bonchev–Trinajstić information content (AvgIpc) is 2.53. The molecule has 0 saturated carbocycles. The lowest BCUT2D eigenvalue weighted by Gasteiger charge is -2.31. The molecule has 4 heteroatoms. The van der Waals surface area contributed by atoms with Crippen LogP contribution in [0.3, 0.4) is 0 Å². The second kappa shape index (κ2) is 7.25. The zero-order chi connectivity index (χ0) is 15.2. The molecule has 1 aliphatic rings. The number of benzene rings is 1. The van der Waals surface area contributed by atoms with Crippen LogP contribution in [0, 0.1) is 5.92 Å². The van der Waals surface area contributed by atoms with Crippen molar-refractivity contribution in [2.75, 3.05) is 20.2 Å². The van der Waals surface area contributed by atoms with E-state index in [1.807, 2.05) is 29.2 Å². The van der Waals surface area contributed by atoms with Crippen molar-refractivity contribution in [3.05, 3.63) is 29.8 Å². The molecule has 1 saturated heterocycles. The molecule has 0 bridgehead atoms. The summed E-state index contributed by atoms with van der Waals surface area (Å²) in [5, 5.41) is 0. The number of rotatable bonds is 5. The van der Waals surface area contributed by atoms with Crippen molar-refractivity contribution in [3.8, 4) is 5.75 Å². The van der Waals surface area contributed by atoms with E-state index in [4.69, 9.17) is 4.74 Å². The quantitative estimate of drug-likeness (QED) is 0.836. The Kier molecular flexibility index (Phi) is 5.37. The van der Waals surface area contributed by atoms with Crippen LogP contribution < -0.4 is 4.74 Å². The van der Waals surface area contributed by atoms with E-state index in [0.29, 0.717) is 19.5 Å². The van der Waals surface area contributed by atoms with Gasteiger partial charge in [-0.2, -0.15) is 0 Å². The zero-order valence-corrected chi connectivity index (χ0v) is 12.8. The van der Waals surface area contributed by atoms with E-state index >= 15 is 0 Å². The molecule has 0 spiro atoms. The van der Waals surface area contributed by atoms with Crippen molar-refractivity contribution in [1.29, 1.82) is 0 Å². The van der Waals surface area contributed by atoms with E-state index < -0.39 is 0 Å². The third kappa shape index (κ3) is 4.31. The smallest absolute Gasteiger partial charge is 0.222 e. The van der Waals surface area contributed by atoms with E-state index in [0.717, 1.165) is 30.6 Å². The molecule has 0 aromatic heterocycles. The first-order valence-electron chi connectivity index (χ1n) is 7.51. The van der Waals surface area contributed by atoms with E-state index in [9.17, 15) is 9.59 Å². The second-order valence-corrected chi connectivity index (χ2v) is 5.61. The Bertz CT molecular complexity index is 487. The predicted molar refractivity (Wildman–Crippen MR) is 81.3 cm³/mol. The molecule has 0 atom stereocenters. The summed E-state index contributed by atoms with van der Waals surface area (Å²) in [4.78, 5) is 25.4. The molecule has 0 N–H and O–H groups in total. The van der Waals surface area contributed by atoms with Gasteiger partial charge in [-0.05, 0) is 43.9 Å². The van der Waals surface area contributed by atoms with Crippen LogP contribution in [0.4, 0.5) is 0 Å². The topological polar surface area (TPSA) is 46.6 Å². The molecule has 1 amide bonds. The van der Waals surface area contributed by atoms with Crippen LogP contribution in [-0.4, -0.2) is 36.8 Å². The van der Waals surface area contributed by atoms with Gasteiger partial charge in [0.25, 0.3) is 0 Å². The minimum atomic E-state index is 0.149. The summed E-state index contributed by atoms with van der Waals surface area (Å²) in [7, 11) is 1.64. The van der Waals surface area contributed by atoms with Gasteiger partial charge in [0, 0.05) is 25.4 Å². The number of ketones is 1. The molecule has 1 fully saturated rings. The van der Waals surface area contributed by atoms with E-state index in [2.05, 4.69) is 0 Å². The van der Waals surface area contributed by atoms with Crippen LogP contribution in [0.25, 0.3) is 0 Å². The molecule has 114 valence electrons. The van der Waals surface area contributed by atoms with Crippen LogP contribution in [0.5, 0.6) is 5.75 Å². The molecule has 0 aliphatic carbocycles. The Morgan fingerprint density at radius 1 is 1.19 bits per heavy atom. The van der Waals surface area contributed by atoms with Crippen LogP contribution in [0.1, 0.15) is 31.7 Å². The lowest BCUT2D eigenvalue weighted by atomic mass is 9.93. The van der Waals surface area contributed by atoms with Crippen molar-refractivity contribution < 1.29 is 14.3 Å². The first kappa shape index (κ1) is 15.5. The van der Waals surface area contributed by atoms with E-state index in [1.54, 1.807) is 14.0 Å². The fraction of sp³-hybridized carbons (Fsp3) is 0.529. The fourth-order valence-electron chi connectivity index (χ4n) is 2.74. The van der Waals surface area contributed by atoms with Crippen LogP contribution >= 0.6 is 0 Å². The highest BCUT2D eigenvalue weighted by Gasteiger charge is 2.24. The maximum absolute atomic E-state index is 12.2. The summed E-state index contributed by atoms with van der Waals surface area (Å²) in [6.07, 6.45) is 2.89. The number of nitrogens with zero attached hydrogens (tertiary/aromatic N) is 1. The highest BCUT2D eigenvalue weighted by atomic mass is 16.5. The number of carbonyl (C=O) groups is 2. The van der Waals surface area contributed by atoms with E-state index in [1.165, 1.54) is 0 Å². The number of piperidine rings is 1. The van der Waals surface area contributed by atoms with Crippen molar-refractivity contribution in [3.63, 3.8) is 0 Å². The average molecular weight is 289 g/mol. The summed E-state index contributed by atoms with van der Waals surface area (Å²) in [5.41, 5.74) is 1.14. The number of Topliss-reactive ketones (excluding diaryl/α,β-unsaturated/α-hetero) is 1. The van der Waals surface area contributed by atoms with Gasteiger partial charge in [-0.3, -0.25) is 9.59 Å². The normalized spacial score (nSPS) is 15.8. The number of amides is 1. The minimum absolute atomic E-state index is 0.149. The first-order chi connectivity index (χ1) is 10.1. The highest BCUT2D eigenvalue weighted by molar-refractivity contribution is 5.79. The monoisotopic (exact) mass is 289 g/mol. The van der Waals surface area contributed by atoms with Gasteiger partial charge in [0.1, 0.15) is 11.5 Å². The number of hydrogen-bond donors (Lipinski definition) is 0. The van der Waals surface area contributed by atoms with Gasteiger partial charge >= 0.3 is 0 Å². The summed E-state index contributed by atoms with van der Waals surface area (Å²) in [6.45, 7) is 3.07. The Balaban J connectivity index is 1.78. The SMILES string of the molecule is COc1ccc(CCC(=O)N2CCC(C(C)=O)CC2)cc1. The third-order valence-electron chi connectivity index (χ3n) is 4.21. The molecule has 0 radical (unpaired) electrons. The number of ether oxygens (including phenoxy) is 1. The lowest BCUT2D eigenvalue weighted by Crippen LogP contribution is -2.40. The van der Waals surface area contributed by atoms with Crippen molar-refractivity contribution in [2.45, 2.75) is 32.6 Å². The summed E-state index contributed by atoms with van der Waals surface area (Å²) in [5.74, 6) is 1.42. The molecule has 1 heterocycles. The summed E-state index contributed by atoms with van der Waals surface area (Å²) < 4.78 is 5.12. The molecule has 1 aromatic rings. The minimum Gasteiger partial charge on any atom is -0.497 e. The van der Waals surface area contributed by atoms with Gasteiger partial charge in [-0.25, -0.2) is 0 Å². The zero-order valence-electron chi connectivity index (χ0n) is 12.8. The van der Waals surface area contributed by atoms with Gasteiger partial charge in [0.15, 0.2) is 0 Å². The maximum Gasteiger partial charge on any atom is 0.222 e. The standard InChI is InChI=1S/C17H23NO3/c1-13(19)15-9-11-18(12-10-15)17(20)8-5-14-3-6-16(21-2)7-4-14/h3-4,6-7,15H,5,8-12H2,1-2H3. The van der Waals surface area contributed by atoms with Crippen LogP contribution in [0.15, 0.2) is 24.3 Å². The molecular weight excluding hydrogens is 266 g/mol. The Morgan fingerprint density at radius 2 is 1.81 bits per heavy atom. The van der Waals surface area contributed by atoms with Crippen LogP contribution in [-0.2, 0) is 16.0 Å². The number of hydrogen-bond acceptors (Lipinski definition) is 3. The number of likely N-dealkylation sites (tertiary alicyclic amines) is 1.